The molecular formula is C38H36N2. The van der Waals surface area contributed by atoms with Crippen molar-refractivity contribution in [3.05, 3.63) is 162 Å². The second kappa shape index (κ2) is 12.4. The second-order valence-corrected chi connectivity index (χ2v) is 9.99. The number of aryl methyl sites for hydroxylation is 2. The number of allylic oxidation sites excluding steroid dienone is 3. The molecule has 0 aliphatic carbocycles. The lowest BCUT2D eigenvalue weighted by molar-refractivity contribution is 1.19. The van der Waals surface area contributed by atoms with Crippen LogP contribution >= 0.6 is 0 Å². The molecule has 0 aliphatic heterocycles. The molecular weight excluding hydrogens is 484 g/mol. The van der Waals surface area contributed by atoms with Gasteiger partial charge < -0.3 is 9.80 Å². The Bertz CT molecular complexity index is 1610. The number of hydrogen-bond donors (Lipinski definition) is 0. The van der Waals surface area contributed by atoms with Crippen molar-refractivity contribution < 1.29 is 0 Å². The van der Waals surface area contributed by atoms with Crippen molar-refractivity contribution >= 4 is 28.4 Å². The van der Waals surface area contributed by atoms with Crippen LogP contribution in [0.5, 0.6) is 0 Å². The lowest BCUT2D eigenvalue weighted by atomic mass is 10.0. The van der Waals surface area contributed by atoms with Crippen molar-refractivity contribution in [2.75, 3.05) is 9.80 Å². The number of hydrogen-bond acceptors (Lipinski definition) is 2. The van der Waals surface area contributed by atoms with Gasteiger partial charge in [-0.05, 0) is 117 Å². The molecule has 0 spiro atoms. The van der Waals surface area contributed by atoms with Crippen LogP contribution in [0.2, 0.25) is 0 Å². The SMILES string of the molecule is C/C=C\C(=C/C)N(c1ccc(-c2ccc(N(c3ccccc3)c3cccc(C)c3)cc2)cc1)c1cccc(C)c1. The summed E-state index contributed by atoms with van der Waals surface area (Å²) in [5.74, 6) is 0. The van der Waals surface area contributed by atoms with Gasteiger partial charge in [0, 0.05) is 34.1 Å². The van der Waals surface area contributed by atoms with Gasteiger partial charge in [-0.15, -0.1) is 0 Å². The first kappa shape index (κ1) is 26.8. The quantitative estimate of drug-likeness (QED) is 0.188. The summed E-state index contributed by atoms with van der Waals surface area (Å²) in [4.78, 5) is 4.61. The van der Waals surface area contributed by atoms with Crippen molar-refractivity contribution in [2.24, 2.45) is 0 Å². The van der Waals surface area contributed by atoms with E-state index in [-0.39, 0.29) is 0 Å². The zero-order valence-corrected chi connectivity index (χ0v) is 23.8. The smallest absolute Gasteiger partial charge is 0.0464 e. The minimum Gasteiger partial charge on any atom is -0.311 e. The van der Waals surface area contributed by atoms with Crippen molar-refractivity contribution in [1.29, 1.82) is 0 Å². The first-order chi connectivity index (χ1) is 19.6. The van der Waals surface area contributed by atoms with E-state index in [0.717, 1.165) is 34.1 Å². The molecule has 0 bridgehead atoms. The third-order valence-corrected chi connectivity index (χ3v) is 7.01. The van der Waals surface area contributed by atoms with E-state index >= 15 is 0 Å². The number of nitrogens with zero attached hydrogens (tertiary/aromatic N) is 2. The predicted octanol–water partition coefficient (Wildman–Crippen LogP) is 11.1. The normalized spacial score (nSPS) is 11.6. The Morgan fingerprint density at radius 3 is 1.55 bits per heavy atom. The van der Waals surface area contributed by atoms with Crippen LogP contribution < -0.4 is 9.80 Å². The summed E-state index contributed by atoms with van der Waals surface area (Å²) in [6.45, 7) is 8.42. The summed E-state index contributed by atoms with van der Waals surface area (Å²) < 4.78 is 0. The molecule has 0 radical (unpaired) electrons. The molecule has 40 heavy (non-hydrogen) atoms. The van der Waals surface area contributed by atoms with Crippen LogP contribution in [0.15, 0.2) is 151 Å². The molecule has 0 amide bonds. The number of para-hydroxylation sites is 1. The average Bonchev–Trinajstić information content (AvgIpc) is 2.98. The van der Waals surface area contributed by atoms with Crippen molar-refractivity contribution in [3.63, 3.8) is 0 Å². The van der Waals surface area contributed by atoms with Gasteiger partial charge in [-0.1, -0.05) is 78.9 Å². The van der Waals surface area contributed by atoms with Gasteiger partial charge >= 0.3 is 0 Å². The highest BCUT2D eigenvalue weighted by Crippen LogP contribution is 2.37. The minimum absolute atomic E-state index is 1.13. The third kappa shape index (κ3) is 5.92. The van der Waals surface area contributed by atoms with E-state index in [9.17, 15) is 0 Å². The summed E-state index contributed by atoms with van der Waals surface area (Å²) in [5, 5.41) is 0. The summed E-state index contributed by atoms with van der Waals surface area (Å²) >= 11 is 0. The summed E-state index contributed by atoms with van der Waals surface area (Å²) in [7, 11) is 0. The molecule has 0 aliphatic rings. The van der Waals surface area contributed by atoms with E-state index in [0.29, 0.717) is 0 Å². The van der Waals surface area contributed by atoms with Crippen LogP contribution in [-0.4, -0.2) is 0 Å². The van der Waals surface area contributed by atoms with Crippen molar-refractivity contribution in [2.45, 2.75) is 27.7 Å². The van der Waals surface area contributed by atoms with E-state index in [1.165, 1.54) is 22.3 Å². The molecule has 2 nitrogen and oxygen atoms in total. The number of rotatable bonds is 8. The largest absolute Gasteiger partial charge is 0.311 e. The predicted molar refractivity (Wildman–Crippen MR) is 173 cm³/mol. The maximum absolute atomic E-state index is 2.31. The maximum atomic E-state index is 2.31. The summed E-state index contributed by atoms with van der Waals surface area (Å²) in [6.07, 6.45) is 6.40. The molecule has 0 N–H and O–H groups in total. The second-order valence-electron chi connectivity index (χ2n) is 9.99. The fourth-order valence-corrected chi connectivity index (χ4v) is 5.08. The molecule has 0 unspecified atom stereocenters. The number of benzene rings is 5. The zero-order chi connectivity index (χ0) is 27.9. The first-order valence-corrected chi connectivity index (χ1v) is 13.9. The van der Waals surface area contributed by atoms with Gasteiger partial charge in [-0.25, -0.2) is 0 Å². The number of anilines is 5. The molecule has 0 aromatic heterocycles. The van der Waals surface area contributed by atoms with Gasteiger partial charge in [0.15, 0.2) is 0 Å². The molecule has 0 fully saturated rings. The molecule has 5 aromatic rings. The fourth-order valence-electron chi connectivity index (χ4n) is 5.08. The molecule has 198 valence electrons. The molecule has 0 saturated carbocycles. The van der Waals surface area contributed by atoms with E-state index < -0.39 is 0 Å². The molecule has 0 atom stereocenters. The highest BCUT2D eigenvalue weighted by atomic mass is 15.1. The Labute approximate surface area is 239 Å². The van der Waals surface area contributed by atoms with Gasteiger partial charge in [0.05, 0.1) is 0 Å². The molecule has 5 rings (SSSR count). The first-order valence-electron chi connectivity index (χ1n) is 13.9. The molecule has 5 aromatic carbocycles. The standard InChI is InChI=1S/C38H36N2/c1-5-12-33(6-2)39(37-17-10-13-29(3)27-37)35-23-19-31(20-24-35)32-21-25-36(26-22-32)40(34-15-8-7-9-16-34)38-18-11-14-30(4)28-38/h5-28H,1-4H3/b12-5-,33-6+. The zero-order valence-electron chi connectivity index (χ0n) is 23.8. The highest BCUT2D eigenvalue weighted by Gasteiger charge is 2.15. The van der Waals surface area contributed by atoms with Crippen molar-refractivity contribution in [1.82, 2.24) is 0 Å². The lowest BCUT2D eigenvalue weighted by Gasteiger charge is -2.27. The van der Waals surface area contributed by atoms with Crippen LogP contribution in [0.4, 0.5) is 28.4 Å². The summed E-state index contributed by atoms with van der Waals surface area (Å²) in [5.41, 5.74) is 11.7. The minimum atomic E-state index is 1.13. The highest BCUT2D eigenvalue weighted by molar-refractivity contribution is 5.79. The Morgan fingerprint density at radius 2 is 1.00 bits per heavy atom. The van der Waals surface area contributed by atoms with Crippen LogP contribution in [0.25, 0.3) is 11.1 Å². The molecule has 0 saturated heterocycles. The average molecular weight is 521 g/mol. The van der Waals surface area contributed by atoms with E-state index in [1.807, 2.05) is 0 Å². The Balaban J connectivity index is 1.47. The van der Waals surface area contributed by atoms with E-state index in [2.05, 4.69) is 183 Å². The molecule has 2 heteroatoms. The molecule has 0 heterocycles. The Morgan fingerprint density at radius 1 is 0.500 bits per heavy atom. The Hall–Kier alpha value is -4.82. The monoisotopic (exact) mass is 520 g/mol. The lowest BCUT2D eigenvalue weighted by Crippen LogP contribution is -2.15. The van der Waals surface area contributed by atoms with E-state index in [4.69, 9.17) is 0 Å². The topological polar surface area (TPSA) is 6.48 Å². The maximum Gasteiger partial charge on any atom is 0.0464 e. The fraction of sp³-hybridized carbons (Fsp3) is 0.105. The van der Waals surface area contributed by atoms with Gasteiger partial charge in [0.2, 0.25) is 0 Å². The van der Waals surface area contributed by atoms with Gasteiger partial charge in [0.25, 0.3) is 0 Å². The van der Waals surface area contributed by atoms with E-state index in [1.54, 1.807) is 0 Å². The van der Waals surface area contributed by atoms with Crippen LogP contribution in [0.1, 0.15) is 25.0 Å². The van der Waals surface area contributed by atoms with Gasteiger partial charge in [-0.3, -0.25) is 0 Å². The van der Waals surface area contributed by atoms with Crippen LogP contribution in [-0.2, 0) is 0 Å². The van der Waals surface area contributed by atoms with Gasteiger partial charge in [-0.2, -0.15) is 0 Å². The third-order valence-electron chi connectivity index (χ3n) is 7.01. The van der Waals surface area contributed by atoms with Crippen LogP contribution in [0.3, 0.4) is 0 Å². The van der Waals surface area contributed by atoms with Crippen LogP contribution in [0, 0.1) is 13.8 Å². The summed E-state index contributed by atoms with van der Waals surface area (Å²) in [6, 6.07) is 45.5. The Kier molecular flexibility index (Phi) is 8.27. The van der Waals surface area contributed by atoms with Gasteiger partial charge in [0.1, 0.15) is 0 Å². The van der Waals surface area contributed by atoms with Crippen molar-refractivity contribution in [3.8, 4) is 11.1 Å².